The molecule has 4 heteroatoms. The lowest BCUT2D eigenvalue weighted by atomic mass is 10.3. The minimum Gasteiger partial charge on any atom is -0.333 e. The zero-order chi connectivity index (χ0) is 10.5. The number of aromatic nitrogens is 3. The van der Waals surface area contributed by atoms with Crippen molar-refractivity contribution in [3.63, 3.8) is 0 Å². The van der Waals surface area contributed by atoms with Crippen LogP contribution in [0.1, 0.15) is 11.3 Å². The Morgan fingerprint density at radius 2 is 2.07 bits per heavy atom. The molecule has 2 N–H and O–H groups in total. The number of hydrogen-bond donors (Lipinski definition) is 1. The van der Waals surface area contributed by atoms with Crippen LogP contribution in [0.15, 0.2) is 37.1 Å². The molecule has 0 aromatic carbocycles. The average Bonchev–Trinajstić information content (AvgIpc) is 2.68. The first-order valence-corrected chi connectivity index (χ1v) is 4.98. The first-order chi connectivity index (χ1) is 7.38. The van der Waals surface area contributed by atoms with E-state index in [1.165, 1.54) is 5.56 Å². The van der Waals surface area contributed by atoms with Gasteiger partial charge in [0.15, 0.2) is 0 Å². The summed E-state index contributed by atoms with van der Waals surface area (Å²) >= 11 is 0. The fourth-order valence-corrected chi connectivity index (χ4v) is 1.47. The molecular weight excluding hydrogens is 188 g/mol. The highest BCUT2D eigenvalue weighted by Gasteiger charge is 1.98. The number of pyridine rings is 1. The summed E-state index contributed by atoms with van der Waals surface area (Å²) in [5.74, 6) is 0. The molecule has 2 aromatic heterocycles. The predicted molar refractivity (Wildman–Crippen MR) is 58.3 cm³/mol. The Labute approximate surface area is 88.8 Å². The van der Waals surface area contributed by atoms with Crippen molar-refractivity contribution >= 4 is 0 Å². The highest BCUT2D eigenvalue weighted by atomic mass is 15.0. The second-order valence-electron chi connectivity index (χ2n) is 3.43. The van der Waals surface area contributed by atoms with Gasteiger partial charge >= 0.3 is 0 Å². The van der Waals surface area contributed by atoms with Crippen LogP contribution in [0.2, 0.25) is 0 Å². The Bertz CT molecular complexity index is 408. The molecule has 2 aromatic rings. The third-order valence-corrected chi connectivity index (χ3v) is 2.20. The van der Waals surface area contributed by atoms with E-state index in [0.717, 1.165) is 18.7 Å². The number of nitrogens with zero attached hydrogens (tertiary/aromatic N) is 3. The molecule has 0 aliphatic carbocycles. The molecule has 0 spiro atoms. The van der Waals surface area contributed by atoms with Crippen LogP contribution in [0.25, 0.3) is 0 Å². The summed E-state index contributed by atoms with van der Waals surface area (Å²) in [6, 6.07) is 4.01. The second-order valence-corrected chi connectivity index (χ2v) is 3.43. The molecule has 0 unspecified atom stereocenters. The van der Waals surface area contributed by atoms with Crippen LogP contribution in [0.4, 0.5) is 0 Å². The van der Waals surface area contributed by atoms with Crippen molar-refractivity contribution < 1.29 is 0 Å². The summed E-state index contributed by atoms with van der Waals surface area (Å²) < 4.78 is 2.06. The van der Waals surface area contributed by atoms with Gasteiger partial charge in [0.1, 0.15) is 0 Å². The Hall–Kier alpha value is -1.68. The van der Waals surface area contributed by atoms with Crippen molar-refractivity contribution in [1.29, 1.82) is 0 Å². The molecule has 0 atom stereocenters. The van der Waals surface area contributed by atoms with E-state index in [9.17, 15) is 0 Å². The lowest BCUT2D eigenvalue weighted by Gasteiger charge is -2.00. The van der Waals surface area contributed by atoms with Gasteiger partial charge in [-0.1, -0.05) is 0 Å². The third-order valence-electron chi connectivity index (χ3n) is 2.20. The Balaban J connectivity index is 2.05. The molecule has 2 rings (SSSR count). The number of rotatable bonds is 4. The predicted octanol–water partition coefficient (Wildman–Crippen LogP) is 0.828. The Morgan fingerprint density at radius 3 is 2.80 bits per heavy atom. The molecule has 78 valence electrons. The van der Waals surface area contributed by atoms with Gasteiger partial charge in [-0.25, -0.2) is 4.98 Å². The standard InChI is InChI=1S/C11H14N4/c12-4-1-11-8-15(9-14-11)7-10-2-5-13-6-3-10/h2-3,5-6,8-9H,1,4,7,12H2. The van der Waals surface area contributed by atoms with Crippen LogP contribution in [0, 0.1) is 0 Å². The fourth-order valence-electron chi connectivity index (χ4n) is 1.47. The van der Waals surface area contributed by atoms with Gasteiger partial charge in [-0.05, 0) is 24.2 Å². The molecule has 0 aliphatic heterocycles. The van der Waals surface area contributed by atoms with Crippen molar-refractivity contribution in [3.8, 4) is 0 Å². The summed E-state index contributed by atoms with van der Waals surface area (Å²) in [5.41, 5.74) is 7.74. The maximum atomic E-state index is 5.46. The minimum absolute atomic E-state index is 0.645. The van der Waals surface area contributed by atoms with Gasteiger partial charge in [0.25, 0.3) is 0 Å². The molecule has 15 heavy (non-hydrogen) atoms. The monoisotopic (exact) mass is 202 g/mol. The zero-order valence-electron chi connectivity index (χ0n) is 8.50. The number of nitrogens with two attached hydrogens (primary N) is 1. The number of hydrogen-bond acceptors (Lipinski definition) is 3. The van der Waals surface area contributed by atoms with Crippen LogP contribution >= 0.6 is 0 Å². The summed E-state index contributed by atoms with van der Waals surface area (Å²) in [6.45, 7) is 1.48. The molecule has 0 fully saturated rings. The molecule has 0 saturated heterocycles. The topological polar surface area (TPSA) is 56.7 Å². The second kappa shape index (κ2) is 4.70. The Morgan fingerprint density at radius 1 is 1.27 bits per heavy atom. The van der Waals surface area contributed by atoms with Crippen LogP contribution in [0.5, 0.6) is 0 Å². The smallest absolute Gasteiger partial charge is 0.0952 e. The zero-order valence-corrected chi connectivity index (χ0v) is 8.50. The highest BCUT2D eigenvalue weighted by molar-refractivity contribution is 5.11. The maximum absolute atomic E-state index is 5.46. The van der Waals surface area contributed by atoms with Gasteiger partial charge in [-0.15, -0.1) is 0 Å². The maximum Gasteiger partial charge on any atom is 0.0952 e. The largest absolute Gasteiger partial charge is 0.333 e. The van der Waals surface area contributed by atoms with E-state index in [1.807, 2.05) is 24.7 Å². The van der Waals surface area contributed by atoms with Crippen molar-refractivity contribution in [2.75, 3.05) is 6.54 Å². The first-order valence-electron chi connectivity index (χ1n) is 4.98. The third kappa shape index (κ3) is 2.63. The van der Waals surface area contributed by atoms with Crippen LogP contribution in [-0.2, 0) is 13.0 Å². The summed E-state index contributed by atoms with van der Waals surface area (Å²) in [6.07, 6.45) is 8.31. The van der Waals surface area contributed by atoms with E-state index in [2.05, 4.69) is 14.5 Å². The van der Waals surface area contributed by atoms with E-state index >= 15 is 0 Å². The lowest BCUT2D eigenvalue weighted by molar-refractivity contribution is 0.794. The first kappa shape index (κ1) is 9.86. The Kier molecular flexibility index (Phi) is 3.09. The fraction of sp³-hybridized carbons (Fsp3) is 0.273. The summed E-state index contributed by atoms with van der Waals surface area (Å²) in [7, 11) is 0. The van der Waals surface area contributed by atoms with Crippen LogP contribution in [0.3, 0.4) is 0 Å². The van der Waals surface area contributed by atoms with Crippen LogP contribution < -0.4 is 5.73 Å². The summed E-state index contributed by atoms with van der Waals surface area (Å²) in [4.78, 5) is 8.25. The van der Waals surface area contributed by atoms with Crippen molar-refractivity contribution in [1.82, 2.24) is 14.5 Å². The van der Waals surface area contributed by atoms with Gasteiger partial charge in [-0.2, -0.15) is 0 Å². The van der Waals surface area contributed by atoms with Gasteiger partial charge in [0.05, 0.1) is 12.0 Å². The van der Waals surface area contributed by atoms with Gasteiger partial charge < -0.3 is 10.3 Å². The van der Waals surface area contributed by atoms with Gasteiger partial charge in [0, 0.05) is 31.6 Å². The molecule has 0 bridgehead atoms. The van der Waals surface area contributed by atoms with Crippen LogP contribution in [-0.4, -0.2) is 21.1 Å². The van der Waals surface area contributed by atoms with Crippen molar-refractivity contribution in [3.05, 3.63) is 48.3 Å². The molecule has 0 radical (unpaired) electrons. The normalized spacial score (nSPS) is 10.5. The lowest BCUT2D eigenvalue weighted by Crippen LogP contribution is -2.02. The molecule has 4 nitrogen and oxygen atoms in total. The molecular formula is C11H14N4. The quantitative estimate of drug-likeness (QED) is 0.798. The minimum atomic E-state index is 0.645. The van der Waals surface area contributed by atoms with E-state index < -0.39 is 0 Å². The van der Waals surface area contributed by atoms with Crippen molar-refractivity contribution in [2.45, 2.75) is 13.0 Å². The SMILES string of the molecule is NCCc1cn(Cc2ccncc2)cn1. The highest BCUT2D eigenvalue weighted by Crippen LogP contribution is 2.02. The van der Waals surface area contributed by atoms with E-state index in [0.29, 0.717) is 6.54 Å². The van der Waals surface area contributed by atoms with E-state index in [4.69, 9.17) is 5.73 Å². The molecule has 0 saturated carbocycles. The molecule has 2 heterocycles. The van der Waals surface area contributed by atoms with Crippen molar-refractivity contribution in [2.24, 2.45) is 5.73 Å². The molecule has 0 aliphatic rings. The average molecular weight is 202 g/mol. The number of imidazole rings is 1. The van der Waals surface area contributed by atoms with E-state index in [1.54, 1.807) is 12.4 Å². The van der Waals surface area contributed by atoms with E-state index in [-0.39, 0.29) is 0 Å². The summed E-state index contributed by atoms with van der Waals surface area (Å²) in [5, 5.41) is 0. The van der Waals surface area contributed by atoms with Gasteiger partial charge in [0.2, 0.25) is 0 Å². The van der Waals surface area contributed by atoms with Gasteiger partial charge in [-0.3, -0.25) is 4.98 Å². The molecule has 0 amide bonds.